The molecule has 0 amide bonds. The highest BCUT2D eigenvalue weighted by Crippen LogP contribution is 2.30. The third-order valence-corrected chi connectivity index (χ3v) is 2.66. The molecule has 19 heavy (non-hydrogen) atoms. The number of halogens is 5. The molecule has 1 rings (SSSR count). The predicted molar refractivity (Wildman–Crippen MR) is 64.4 cm³/mol. The van der Waals surface area contributed by atoms with E-state index in [0.29, 0.717) is 0 Å². The number of ether oxygens (including phenoxy) is 1. The van der Waals surface area contributed by atoms with Crippen molar-refractivity contribution in [2.45, 2.75) is 38.5 Å². The monoisotopic (exact) mass is 299 g/mol. The van der Waals surface area contributed by atoms with E-state index < -0.39 is 19.0 Å². The van der Waals surface area contributed by atoms with Crippen molar-refractivity contribution in [3.8, 4) is 5.88 Å². The fourth-order valence-electron chi connectivity index (χ4n) is 1.17. The SMILES string of the molecule is CC(C)(C)c1cnc(OCC(F)(F)C(F)F)c(Cl)c1. The first-order valence-electron chi connectivity index (χ1n) is 5.49. The largest absolute Gasteiger partial charge is 0.470 e. The van der Waals surface area contributed by atoms with E-state index in [4.69, 9.17) is 11.6 Å². The third kappa shape index (κ3) is 4.23. The van der Waals surface area contributed by atoms with Crippen molar-refractivity contribution in [3.63, 3.8) is 0 Å². The van der Waals surface area contributed by atoms with Gasteiger partial charge in [-0.25, -0.2) is 13.8 Å². The predicted octanol–water partition coefficient (Wildman–Crippen LogP) is 4.31. The molecule has 7 heteroatoms. The Labute approximate surface area is 113 Å². The normalized spacial score (nSPS) is 12.9. The summed E-state index contributed by atoms with van der Waals surface area (Å²) >= 11 is 5.82. The summed E-state index contributed by atoms with van der Waals surface area (Å²) < 4.78 is 53.8. The summed E-state index contributed by atoms with van der Waals surface area (Å²) in [4.78, 5) is 3.77. The van der Waals surface area contributed by atoms with Gasteiger partial charge in [-0.3, -0.25) is 0 Å². The Morgan fingerprint density at radius 1 is 1.32 bits per heavy atom. The van der Waals surface area contributed by atoms with Crippen molar-refractivity contribution < 1.29 is 22.3 Å². The molecule has 108 valence electrons. The highest BCUT2D eigenvalue weighted by atomic mass is 35.5. The van der Waals surface area contributed by atoms with E-state index in [-0.39, 0.29) is 16.3 Å². The number of rotatable bonds is 4. The summed E-state index contributed by atoms with van der Waals surface area (Å²) in [6, 6.07) is 1.52. The van der Waals surface area contributed by atoms with Gasteiger partial charge in [0.2, 0.25) is 5.88 Å². The van der Waals surface area contributed by atoms with Gasteiger partial charge in [0.25, 0.3) is 0 Å². The van der Waals surface area contributed by atoms with Crippen LogP contribution in [-0.4, -0.2) is 23.9 Å². The van der Waals surface area contributed by atoms with E-state index in [2.05, 4.69) is 9.72 Å². The van der Waals surface area contributed by atoms with Crippen molar-refractivity contribution in [1.82, 2.24) is 4.98 Å². The van der Waals surface area contributed by atoms with Crippen LogP contribution in [0, 0.1) is 0 Å². The molecule has 0 aliphatic rings. The highest BCUT2D eigenvalue weighted by Gasteiger charge is 2.42. The van der Waals surface area contributed by atoms with Gasteiger partial charge in [-0.1, -0.05) is 32.4 Å². The van der Waals surface area contributed by atoms with E-state index in [1.54, 1.807) is 0 Å². The quantitative estimate of drug-likeness (QED) is 0.773. The summed E-state index contributed by atoms with van der Waals surface area (Å²) in [5, 5.41) is 0.0116. The zero-order valence-electron chi connectivity index (χ0n) is 10.7. The number of pyridine rings is 1. The fourth-order valence-corrected chi connectivity index (χ4v) is 1.39. The molecule has 0 saturated carbocycles. The first-order valence-corrected chi connectivity index (χ1v) is 5.86. The molecular formula is C12H14ClF4NO. The Kier molecular flexibility index (Phi) is 4.66. The third-order valence-electron chi connectivity index (χ3n) is 2.39. The molecule has 0 spiro atoms. The summed E-state index contributed by atoms with van der Waals surface area (Å²) in [6.07, 6.45) is -2.37. The van der Waals surface area contributed by atoms with Crippen molar-refractivity contribution in [1.29, 1.82) is 0 Å². The Morgan fingerprint density at radius 2 is 1.89 bits per heavy atom. The lowest BCUT2D eigenvalue weighted by molar-refractivity contribution is -0.148. The van der Waals surface area contributed by atoms with Gasteiger partial charge in [-0.15, -0.1) is 0 Å². The molecule has 0 saturated heterocycles. The molecule has 0 bridgehead atoms. The Bertz CT molecular complexity index is 446. The summed E-state index contributed by atoms with van der Waals surface area (Å²) in [6.45, 7) is 4.30. The summed E-state index contributed by atoms with van der Waals surface area (Å²) in [5.41, 5.74) is 0.563. The molecule has 0 unspecified atom stereocenters. The molecule has 0 aliphatic heterocycles. The second-order valence-electron chi connectivity index (χ2n) is 5.11. The van der Waals surface area contributed by atoms with Crippen LogP contribution in [0.25, 0.3) is 0 Å². The van der Waals surface area contributed by atoms with Gasteiger partial charge in [0, 0.05) is 6.20 Å². The van der Waals surface area contributed by atoms with Crippen LogP contribution in [0.15, 0.2) is 12.3 Å². The highest BCUT2D eigenvalue weighted by molar-refractivity contribution is 6.31. The van der Waals surface area contributed by atoms with E-state index in [0.717, 1.165) is 5.56 Å². The van der Waals surface area contributed by atoms with Gasteiger partial charge < -0.3 is 4.74 Å². The zero-order chi connectivity index (χ0) is 14.8. The Balaban J connectivity index is 2.82. The summed E-state index contributed by atoms with van der Waals surface area (Å²) in [5.74, 6) is -4.51. The lowest BCUT2D eigenvalue weighted by Gasteiger charge is -2.20. The molecule has 0 radical (unpaired) electrons. The first kappa shape index (κ1) is 16.0. The Hall–Kier alpha value is -1.04. The topological polar surface area (TPSA) is 22.1 Å². The van der Waals surface area contributed by atoms with E-state index in [1.165, 1.54) is 12.3 Å². The molecule has 0 aliphatic carbocycles. The van der Waals surface area contributed by atoms with Gasteiger partial charge in [-0.2, -0.15) is 8.78 Å². The standard InChI is InChI=1S/C12H14ClF4NO/c1-11(2,3)7-4-8(13)9(18-5-7)19-6-12(16,17)10(14)15/h4-5,10H,6H2,1-3H3. The minimum Gasteiger partial charge on any atom is -0.470 e. The molecule has 1 aromatic heterocycles. The van der Waals surface area contributed by atoms with Crippen molar-refractivity contribution in [3.05, 3.63) is 22.8 Å². The van der Waals surface area contributed by atoms with Crippen LogP contribution in [0.5, 0.6) is 5.88 Å². The van der Waals surface area contributed by atoms with Gasteiger partial charge >= 0.3 is 12.3 Å². The number of nitrogens with zero attached hydrogens (tertiary/aromatic N) is 1. The molecule has 0 fully saturated rings. The smallest absolute Gasteiger partial charge is 0.340 e. The van der Waals surface area contributed by atoms with Crippen LogP contribution in [-0.2, 0) is 5.41 Å². The molecule has 0 atom stereocenters. The minimum absolute atomic E-state index is 0.0116. The molecule has 0 aromatic carbocycles. The number of alkyl halides is 4. The second-order valence-corrected chi connectivity index (χ2v) is 5.52. The number of hydrogen-bond acceptors (Lipinski definition) is 2. The van der Waals surface area contributed by atoms with Gasteiger partial charge in [0.1, 0.15) is 5.02 Å². The van der Waals surface area contributed by atoms with Crippen LogP contribution in [0.4, 0.5) is 17.6 Å². The van der Waals surface area contributed by atoms with Crippen LogP contribution >= 0.6 is 11.6 Å². The van der Waals surface area contributed by atoms with Gasteiger partial charge in [0.05, 0.1) is 0 Å². The van der Waals surface area contributed by atoms with Crippen molar-refractivity contribution in [2.75, 3.05) is 6.61 Å². The minimum atomic E-state index is -4.23. The van der Waals surface area contributed by atoms with Crippen LogP contribution in [0.3, 0.4) is 0 Å². The van der Waals surface area contributed by atoms with E-state index in [1.807, 2.05) is 20.8 Å². The summed E-state index contributed by atoms with van der Waals surface area (Å²) in [7, 11) is 0. The van der Waals surface area contributed by atoms with Crippen LogP contribution in [0.1, 0.15) is 26.3 Å². The second kappa shape index (κ2) is 5.53. The average Bonchev–Trinajstić information content (AvgIpc) is 2.25. The van der Waals surface area contributed by atoms with Crippen molar-refractivity contribution >= 4 is 11.6 Å². The molecule has 0 N–H and O–H groups in total. The van der Waals surface area contributed by atoms with Crippen LogP contribution < -0.4 is 4.74 Å². The van der Waals surface area contributed by atoms with Crippen molar-refractivity contribution in [2.24, 2.45) is 0 Å². The Morgan fingerprint density at radius 3 is 2.32 bits per heavy atom. The maximum atomic E-state index is 12.7. The molecular weight excluding hydrogens is 286 g/mol. The van der Waals surface area contributed by atoms with E-state index in [9.17, 15) is 17.6 Å². The zero-order valence-corrected chi connectivity index (χ0v) is 11.4. The van der Waals surface area contributed by atoms with Crippen LogP contribution in [0.2, 0.25) is 5.02 Å². The molecule has 1 aromatic rings. The maximum Gasteiger partial charge on any atom is 0.340 e. The maximum absolute atomic E-state index is 12.7. The average molecular weight is 300 g/mol. The molecule has 2 nitrogen and oxygen atoms in total. The fraction of sp³-hybridized carbons (Fsp3) is 0.583. The molecule has 1 heterocycles. The van der Waals surface area contributed by atoms with Gasteiger partial charge in [0.15, 0.2) is 6.61 Å². The van der Waals surface area contributed by atoms with E-state index >= 15 is 0 Å². The lowest BCUT2D eigenvalue weighted by Crippen LogP contribution is -2.34. The lowest BCUT2D eigenvalue weighted by atomic mass is 9.88. The number of hydrogen-bond donors (Lipinski definition) is 0. The number of aromatic nitrogens is 1. The van der Waals surface area contributed by atoms with Gasteiger partial charge in [-0.05, 0) is 17.0 Å². The first-order chi connectivity index (χ1) is 8.54.